The highest BCUT2D eigenvalue weighted by molar-refractivity contribution is 7.87. The van der Waals surface area contributed by atoms with Gasteiger partial charge in [-0.3, -0.25) is 4.98 Å². The van der Waals surface area contributed by atoms with Crippen molar-refractivity contribution in [2.45, 2.75) is 0 Å². The van der Waals surface area contributed by atoms with E-state index in [1.165, 1.54) is 5.39 Å². The highest BCUT2D eigenvalue weighted by Crippen LogP contribution is 2.07. The van der Waals surface area contributed by atoms with Crippen LogP contribution in [0.25, 0.3) is 10.9 Å². The van der Waals surface area contributed by atoms with Crippen LogP contribution in [0.1, 0.15) is 0 Å². The third-order valence-electron chi connectivity index (χ3n) is 1.69. The lowest BCUT2D eigenvalue weighted by Gasteiger charge is -1.91. The van der Waals surface area contributed by atoms with Gasteiger partial charge >= 0.3 is 10.2 Å². The average Bonchev–Trinajstić information content (AvgIpc) is 2.29. The van der Waals surface area contributed by atoms with Crippen LogP contribution in [-0.4, -0.2) is 20.1 Å². The molecule has 0 saturated heterocycles. The first-order valence-corrected chi connectivity index (χ1v) is 5.84. The summed E-state index contributed by atoms with van der Waals surface area (Å²) in [7, 11) is -3.65. The molecule has 5 nitrogen and oxygen atoms in total. The fourth-order valence-corrected chi connectivity index (χ4v) is 1.02. The van der Waals surface area contributed by atoms with Gasteiger partial charge in [-0.25, -0.2) is 5.14 Å². The quantitative estimate of drug-likeness (QED) is 0.754. The number of para-hydroxylation sites is 1. The van der Waals surface area contributed by atoms with E-state index in [4.69, 9.17) is 0 Å². The molecule has 0 saturated carbocycles. The standard InChI is InChI=1S/C9H7N.CH4N2O2S/c1-2-6-9-8(4-1)5-3-7-10-9;1-3-6(2,4)5/h1-7H;1H2,(H2,2,4,5). The van der Waals surface area contributed by atoms with Crippen molar-refractivity contribution in [3.63, 3.8) is 0 Å². The number of benzene rings is 1. The topological polar surface area (TPSA) is 85.4 Å². The van der Waals surface area contributed by atoms with Crippen molar-refractivity contribution in [2.75, 3.05) is 0 Å². The molecule has 0 fully saturated rings. The highest BCUT2D eigenvalue weighted by Gasteiger charge is 1.87. The van der Waals surface area contributed by atoms with Crippen molar-refractivity contribution in [1.29, 1.82) is 0 Å². The predicted molar refractivity (Wildman–Crippen MR) is 64.4 cm³/mol. The monoisotopic (exact) mass is 237 g/mol. The van der Waals surface area contributed by atoms with E-state index in [9.17, 15) is 8.42 Å². The second-order valence-corrected chi connectivity index (χ2v) is 4.13. The van der Waals surface area contributed by atoms with Crippen LogP contribution in [0.4, 0.5) is 0 Å². The predicted octanol–water partition coefficient (Wildman–Crippen LogP) is 1.13. The van der Waals surface area contributed by atoms with Gasteiger partial charge in [0.1, 0.15) is 0 Å². The third kappa shape index (κ3) is 4.16. The summed E-state index contributed by atoms with van der Waals surface area (Å²) in [6, 6.07) is 12.1. The molecule has 1 aromatic carbocycles. The molecule has 1 heterocycles. The molecule has 84 valence electrons. The van der Waals surface area contributed by atoms with Gasteiger partial charge in [-0.1, -0.05) is 24.3 Å². The Labute approximate surface area is 93.8 Å². The summed E-state index contributed by atoms with van der Waals surface area (Å²) >= 11 is 0. The first-order valence-electron chi connectivity index (χ1n) is 4.33. The first kappa shape index (κ1) is 12.3. The zero-order valence-corrected chi connectivity index (χ0v) is 9.26. The highest BCUT2D eigenvalue weighted by atomic mass is 32.2. The van der Waals surface area contributed by atoms with Gasteiger partial charge in [0, 0.05) is 18.3 Å². The molecule has 0 radical (unpaired) electrons. The maximum absolute atomic E-state index is 9.55. The molecule has 16 heavy (non-hydrogen) atoms. The third-order valence-corrected chi connectivity index (χ3v) is 2.05. The zero-order chi connectivity index (χ0) is 12.0. The lowest BCUT2D eigenvalue weighted by molar-refractivity contribution is 0.600. The molecule has 0 aliphatic carbocycles. The van der Waals surface area contributed by atoms with Gasteiger partial charge < -0.3 is 0 Å². The molecule has 1 aromatic heterocycles. The minimum Gasteiger partial charge on any atom is -0.256 e. The number of pyridine rings is 1. The number of fused-ring (bicyclic) bond motifs is 1. The van der Waals surface area contributed by atoms with Gasteiger partial charge in [0.25, 0.3) is 0 Å². The number of hydrogen-bond acceptors (Lipinski definition) is 3. The van der Waals surface area contributed by atoms with Gasteiger partial charge in [-0.05, 0) is 12.1 Å². The Morgan fingerprint density at radius 1 is 1.19 bits per heavy atom. The van der Waals surface area contributed by atoms with E-state index in [0.29, 0.717) is 0 Å². The summed E-state index contributed by atoms with van der Waals surface area (Å²) < 4.78 is 21.6. The summed E-state index contributed by atoms with van der Waals surface area (Å²) in [5.74, 6) is 0. The fraction of sp³-hybridized carbons (Fsp3) is 0. The fourth-order valence-electron chi connectivity index (χ4n) is 1.02. The van der Waals surface area contributed by atoms with Crippen LogP contribution >= 0.6 is 0 Å². The van der Waals surface area contributed by atoms with E-state index >= 15 is 0 Å². The Balaban J connectivity index is 0.000000187. The lowest BCUT2D eigenvalue weighted by Crippen LogP contribution is -2.06. The van der Waals surface area contributed by atoms with Gasteiger partial charge in [0.2, 0.25) is 0 Å². The maximum atomic E-state index is 9.55. The van der Waals surface area contributed by atoms with E-state index in [-0.39, 0.29) is 0 Å². The molecule has 2 rings (SSSR count). The van der Waals surface area contributed by atoms with E-state index < -0.39 is 10.2 Å². The van der Waals surface area contributed by atoms with Crippen LogP contribution in [-0.2, 0) is 10.2 Å². The summed E-state index contributed by atoms with van der Waals surface area (Å²) in [5, 5.41) is 5.48. The molecule has 0 aliphatic heterocycles. The number of nitrogens with zero attached hydrogens (tertiary/aromatic N) is 2. The SMILES string of the molecule is C=NS(N)(=O)=O.c1ccc2ncccc2c1. The summed E-state index contributed by atoms with van der Waals surface area (Å²) in [6.45, 7) is 2.67. The van der Waals surface area contributed by atoms with Crippen LogP contribution in [0, 0.1) is 0 Å². The van der Waals surface area contributed by atoms with Crippen LogP contribution in [0.5, 0.6) is 0 Å². The van der Waals surface area contributed by atoms with Crippen molar-refractivity contribution in [3.05, 3.63) is 42.6 Å². The Kier molecular flexibility index (Phi) is 4.10. The van der Waals surface area contributed by atoms with Gasteiger partial charge in [-0.2, -0.15) is 12.8 Å². The molecule has 6 heteroatoms. The molecular formula is C10H11N3O2S. The molecule has 2 aromatic rings. The second kappa shape index (κ2) is 5.34. The van der Waals surface area contributed by atoms with Crippen molar-refractivity contribution < 1.29 is 8.42 Å². The second-order valence-electron chi connectivity index (χ2n) is 2.84. The largest absolute Gasteiger partial charge is 0.316 e. The number of hydrogen-bond donors (Lipinski definition) is 1. The van der Waals surface area contributed by atoms with Crippen LogP contribution in [0.2, 0.25) is 0 Å². The van der Waals surface area contributed by atoms with Crippen LogP contribution in [0.15, 0.2) is 47.0 Å². The van der Waals surface area contributed by atoms with Crippen LogP contribution in [0.3, 0.4) is 0 Å². The zero-order valence-electron chi connectivity index (χ0n) is 8.45. The molecule has 0 aliphatic rings. The van der Waals surface area contributed by atoms with Gasteiger partial charge in [0.15, 0.2) is 0 Å². The molecule has 0 bridgehead atoms. The molecule has 0 unspecified atom stereocenters. The number of rotatable bonds is 1. The molecular weight excluding hydrogens is 226 g/mol. The van der Waals surface area contributed by atoms with Crippen LogP contribution < -0.4 is 5.14 Å². The van der Waals surface area contributed by atoms with Crippen molar-refractivity contribution in [2.24, 2.45) is 9.54 Å². The summed E-state index contributed by atoms with van der Waals surface area (Å²) in [6.07, 6.45) is 1.81. The van der Waals surface area contributed by atoms with Gasteiger partial charge in [0.05, 0.1) is 5.52 Å². The Hall–Kier alpha value is -1.79. The lowest BCUT2D eigenvalue weighted by atomic mass is 10.2. The Morgan fingerprint density at radius 3 is 2.31 bits per heavy atom. The summed E-state index contributed by atoms with van der Waals surface area (Å²) in [5.41, 5.74) is 1.06. The Morgan fingerprint density at radius 2 is 1.75 bits per heavy atom. The van der Waals surface area contributed by atoms with Crippen molar-refractivity contribution in [3.8, 4) is 0 Å². The normalized spacial score (nSPS) is 10.3. The van der Waals surface area contributed by atoms with Crippen molar-refractivity contribution >= 4 is 27.8 Å². The molecule has 0 spiro atoms. The van der Waals surface area contributed by atoms with E-state index in [1.54, 1.807) is 0 Å². The number of nitrogens with two attached hydrogens (primary N) is 1. The summed E-state index contributed by atoms with van der Waals surface area (Å²) in [4.78, 5) is 4.18. The minimum atomic E-state index is -3.65. The van der Waals surface area contributed by atoms with Crippen molar-refractivity contribution in [1.82, 2.24) is 4.98 Å². The maximum Gasteiger partial charge on any atom is 0.316 e. The minimum absolute atomic E-state index is 1.06. The molecule has 2 N–H and O–H groups in total. The smallest absolute Gasteiger partial charge is 0.256 e. The van der Waals surface area contributed by atoms with Gasteiger partial charge in [-0.15, -0.1) is 0 Å². The number of aromatic nitrogens is 1. The molecule has 0 amide bonds. The van der Waals surface area contributed by atoms with E-state index in [1.807, 2.05) is 30.5 Å². The Bertz CT molecular complexity index is 504. The van der Waals surface area contributed by atoms with E-state index in [0.717, 1.165) is 5.52 Å². The first-order chi connectivity index (χ1) is 7.53. The average molecular weight is 237 g/mol. The van der Waals surface area contributed by atoms with E-state index in [2.05, 4.69) is 33.4 Å². The molecule has 0 atom stereocenters.